The Morgan fingerprint density at radius 2 is 1.81 bits per heavy atom. The van der Waals surface area contributed by atoms with Crippen molar-refractivity contribution >= 4 is 29.3 Å². The van der Waals surface area contributed by atoms with Crippen molar-refractivity contribution in [3.05, 3.63) is 77.2 Å². The normalized spacial score (nSPS) is 11.8. The van der Waals surface area contributed by atoms with Crippen LogP contribution in [0.1, 0.15) is 10.8 Å². The van der Waals surface area contributed by atoms with Crippen molar-refractivity contribution in [3.63, 3.8) is 0 Å². The molecule has 5 nitrogen and oxygen atoms in total. The van der Waals surface area contributed by atoms with Gasteiger partial charge in [-0.15, -0.1) is 0 Å². The van der Waals surface area contributed by atoms with Crippen molar-refractivity contribution < 1.29 is 14.4 Å². The van der Waals surface area contributed by atoms with Crippen LogP contribution in [0.4, 0.5) is 4.39 Å². The molecule has 2 N–H and O–H groups in total. The molecule has 1 heterocycles. The number of hydrogen-bond donors (Lipinski definition) is 2. The van der Waals surface area contributed by atoms with Gasteiger partial charge >= 0.3 is 0 Å². The van der Waals surface area contributed by atoms with Gasteiger partial charge < -0.3 is 0 Å². The average molecular weight is 390 g/mol. The number of nitrogens with one attached hydrogen (secondary N) is 1. The maximum absolute atomic E-state index is 13.1. The molecule has 0 saturated carbocycles. The number of thioether (sulfide) groups is 1. The molecular weight excluding hydrogens is 377 g/mol. The first-order valence-electron chi connectivity index (χ1n) is 7.52. The molecule has 0 aliphatic carbocycles. The van der Waals surface area contributed by atoms with Crippen LogP contribution in [0.5, 0.6) is 0 Å². The summed E-state index contributed by atoms with van der Waals surface area (Å²) in [6.07, 6.45) is 1.58. The summed E-state index contributed by atoms with van der Waals surface area (Å²) in [4.78, 5) is 20.7. The molecule has 1 atom stereocenters. The smallest absolute Gasteiger partial charge is 0.261 e. The third-order valence-electron chi connectivity index (χ3n) is 3.52. The highest BCUT2D eigenvalue weighted by Crippen LogP contribution is 2.34. The number of carbonyl (C=O) groups is 1. The maximum Gasteiger partial charge on any atom is 0.261 e. The summed E-state index contributed by atoms with van der Waals surface area (Å²) in [6.45, 7) is 0. The lowest BCUT2D eigenvalue weighted by molar-refractivity contribution is -0.128. The van der Waals surface area contributed by atoms with Crippen LogP contribution < -0.4 is 5.48 Å². The lowest BCUT2D eigenvalue weighted by Gasteiger charge is -2.14. The van der Waals surface area contributed by atoms with Crippen molar-refractivity contribution in [2.45, 2.75) is 10.4 Å². The Labute approximate surface area is 158 Å². The van der Waals surface area contributed by atoms with Gasteiger partial charge in [-0.05, 0) is 35.9 Å². The fraction of sp³-hybridized carbons (Fsp3) is 0.0556. The molecule has 0 fully saturated rings. The van der Waals surface area contributed by atoms with Gasteiger partial charge in [0.15, 0.2) is 5.16 Å². The van der Waals surface area contributed by atoms with Crippen LogP contribution in [-0.4, -0.2) is 21.1 Å². The zero-order valence-corrected chi connectivity index (χ0v) is 14.8. The predicted octanol–water partition coefficient (Wildman–Crippen LogP) is 4.27. The Morgan fingerprint density at radius 1 is 1.12 bits per heavy atom. The molecule has 0 radical (unpaired) electrons. The number of halogens is 2. The van der Waals surface area contributed by atoms with E-state index in [1.54, 1.807) is 29.9 Å². The number of hydroxylamine groups is 1. The molecule has 8 heteroatoms. The Kier molecular flexibility index (Phi) is 5.82. The van der Waals surface area contributed by atoms with Crippen molar-refractivity contribution in [3.8, 4) is 11.3 Å². The lowest BCUT2D eigenvalue weighted by Crippen LogP contribution is -2.24. The van der Waals surface area contributed by atoms with Gasteiger partial charge in [0.2, 0.25) is 0 Å². The van der Waals surface area contributed by atoms with E-state index >= 15 is 0 Å². The topological polar surface area (TPSA) is 75.1 Å². The molecule has 0 saturated heterocycles. The molecule has 2 aromatic carbocycles. The monoisotopic (exact) mass is 389 g/mol. The summed E-state index contributed by atoms with van der Waals surface area (Å²) >= 11 is 6.95. The number of amides is 1. The van der Waals surface area contributed by atoms with Crippen molar-refractivity contribution in [2.24, 2.45) is 0 Å². The first-order valence-corrected chi connectivity index (χ1v) is 8.77. The van der Waals surface area contributed by atoms with Gasteiger partial charge in [-0.25, -0.2) is 19.8 Å². The van der Waals surface area contributed by atoms with E-state index in [4.69, 9.17) is 16.8 Å². The Balaban J connectivity index is 1.89. The lowest BCUT2D eigenvalue weighted by atomic mass is 10.1. The van der Waals surface area contributed by atoms with E-state index in [1.165, 1.54) is 24.3 Å². The summed E-state index contributed by atoms with van der Waals surface area (Å²) in [7, 11) is 0. The molecule has 3 aromatic rings. The van der Waals surface area contributed by atoms with Crippen molar-refractivity contribution in [1.29, 1.82) is 0 Å². The van der Waals surface area contributed by atoms with Crippen LogP contribution in [0.25, 0.3) is 11.3 Å². The minimum Gasteiger partial charge on any atom is -0.289 e. The third-order valence-corrected chi connectivity index (χ3v) is 4.90. The first-order chi connectivity index (χ1) is 12.6. The second kappa shape index (κ2) is 8.27. The second-order valence-corrected chi connectivity index (χ2v) is 6.77. The number of benzene rings is 2. The Morgan fingerprint density at radius 3 is 2.46 bits per heavy atom. The van der Waals surface area contributed by atoms with E-state index in [-0.39, 0.29) is 0 Å². The summed E-state index contributed by atoms with van der Waals surface area (Å²) in [6, 6.07) is 14.4. The average Bonchev–Trinajstić information content (AvgIpc) is 2.67. The third kappa shape index (κ3) is 4.37. The van der Waals surface area contributed by atoms with E-state index in [0.717, 1.165) is 17.3 Å². The van der Waals surface area contributed by atoms with E-state index in [2.05, 4.69) is 9.97 Å². The summed E-state index contributed by atoms with van der Waals surface area (Å²) < 4.78 is 13.1. The van der Waals surface area contributed by atoms with E-state index in [1.807, 2.05) is 12.1 Å². The molecule has 1 unspecified atom stereocenters. The SMILES string of the molecule is O=C(NO)C(Sc1nccc(-c2ccc(Cl)cc2)n1)c1ccc(F)cc1. The number of aromatic nitrogens is 2. The van der Waals surface area contributed by atoms with E-state index in [0.29, 0.717) is 21.4 Å². The van der Waals surface area contributed by atoms with Gasteiger partial charge in [0.05, 0.1) is 5.69 Å². The minimum absolute atomic E-state index is 0.343. The molecule has 1 amide bonds. The van der Waals surface area contributed by atoms with Crippen molar-refractivity contribution in [2.75, 3.05) is 0 Å². The number of rotatable bonds is 5. The number of hydrogen-bond acceptors (Lipinski definition) is 5. The molecule has 1 aromatic heterocycles. The van der Waals surface area contributed by atoms with Gasteiger partial charge in [-0.3, -0.25) is 10.0 Å². The second-order valence-electron chi connectivity index (χ2n) is 5.26. The standard InChI is InChI=1S/C18H13ClFN3O2S/c19-13-5-1-11(2-6-13)15-9-10-21-18(22-15)26-16(17(24)23-25)12-3-7-14(20)8-4-12/h1-10,16,25H,(H,23,24). The predicted molar refractivity (Wildman–Crippen MR) is 97.4 cm³/mol. The quantitative estimate of drug-likeness (QED) is 0.295. The summed E-state index contributed by atoms with van der Waals surface area (Å²) in [5.74, 6) is -1.06. The van der Waals surface area contributed by atoms with Crippen LogP contribution in [0.15, 0.2) is 66.0 Å². The van der Waals surface area contributed by atoms with E-state index < -0.39 is 17.0 Å². The maximum atomic E-state index is 13.1. The Bertz CT molecular complexity index is 907. The molecule has 0 aliphatic heterocycles. The van der Waals surface area contributed by atoms with Crippen LogP contribution in [0, 0.1) is 5.82 Å². The highest BCUT2D eigenvalue weighted by molar-refractivity contribution is 8.00. The highest BCUT2D eigenvalue weighted by atomic mass is 35.5. The molecule has 0 bridgehead atoms. The number of nitrogens with zero attached hydrogens (tertiary/aromatic N) is 2. The number of carbonyl (C=O) groups excluding carboxylic acids is 1. The van der Waals surface area contributed by atoms with Crippen LogP contribution in [-0.2, 0) is 4.79 Å². The zero-order chi connectivity index (χ0) is 18.5. The van der Waals surface area contributed by atoms with Gasteiger partial charge in [0.25, 0.3) is 5.91 Å². The van der Waals surface area contributed by atoms with Crippen LogP contribution in [0.3, 0.4) is 0 Å². The van der Waals surface area contributed by atoms with Gasteiger partial charge in [0.1, 0.15) is 11.1 Å². The minimum atomic E-state index is -0.832. The molecule has 0 aliphatic rings. The fourth-order valence-electron chi connectivity index (χ4n) is 2.25. The largest absolute Gasteiger partial charge is 0.289 e. The Hall–Kier alpha value is -2.48. The fourth-order valence-corrected chi connectivity index (χ4v) is 3.32. The summed E-state index contributed by atoms with van der Waals surface area (Å²) in [5.41, 5.74) is 3.66. The molecule has 132 valence electrons. The zero-order valence-electron chi connectivity index (χ0n) is 13.3. The van der Waals surface area contributed by atoms with Crippen LogP contribution in [0.2, 0.25) is 5.02 Å². The molecule has 26 heavy (non-hydrogen) atoms. The highest BCUT2D eigenvalue weighted by Gasteiger charge is 2.23. The summed E-state index contributed by atoms with van der Waals surface area (Å²) in [5, 5.41) is 9.15. The van der Waals surface area contributed by atoms with Crippen molar-refractivity contribution in [1.82, 2.24) is 15.4 Å². The van der Waals surface area contributed by atoms with Crippen LogP contribution >= 0.6 is 23.4 Å². The first kappa shape index (κ1) is 18.3. The van der Waals surface area contributed by atoms with E-state index in [9.17, 15) is 9.18 Å². The molecular formula is C18H13ClFN3O2S. The van der Waals surface area contributed by atoms with Gasteiger partial charge in [-0.2, -0.15) is 0 Å². The van der Waals surface area contributed by atoms with Gasteiger partial charge in [-0.1, -0.05) is 47.6 Å². The molecule has 0 spiro atoms. The molecule has 3 rings (SSSR count). The van der Waals surface area contributed by atoms with Gasteiger partial charge in [0, 0.05) is 16.8 Å².